The Hall–Kier alpha value is 2.17. The van der Waals surface area contributed by atoms with Crippen LogP contribution < -0.4 is 0 Å². The Balaban J connectivity index is 0. The van der Waals surface area contributed by atoms with Gasteiger partial charge in [0.15, 0.2) is 0 Å². The van der Waals surface area contributed by atoms with Crippen molar-refractivity contribution < 1.29 is 76.9 Å². The van der Waals surface area contributed by atoms with Crippen molar-refractivity contribution in [1.29, 1.82) is 0 Å². The Morgan fingerprint density at radius 1 is 1.00 bits per heavy atom. The average molecular weight is 374 g/mol. The fourth-order valence-corrected chi connectivity index (χ4v) is 0. The molecular weight excluding hydrogens is 372 g/mol. The molecule has 0 saturated carbocycles. The van der Waals surface area contributed by atoms with E-state index in [0.717, 1.165) is 0 Å². The molecule has 0 heterocycles. The summed E-state index contributed by atoms with van der Waals surface area (Å²) in [5.41, 5.74) is 0. The standard InChI is InChI=1S/Co.Mn.Ni.H2O.W/h;;;1H2;. The van der Waals surface area contributed by atoms with Crippen molar-refractivity contribution in [2.45, 2.75) is 0 Å². The molecule has 0 rings (SSSR count). The smallest absolute Gasteiger partial charge is 0 e. The number of rotatable bonds is 0. The van der Waals surface area contributed by atoms with E-state index in [1.165, 1.54) is 0 Å². The van der Waals surface area contributed by atoms with Gasteiger partial charge in [-0.3, -0.25) is 0 Å². The van der Waals surface area contributed by atoms with Crippen LogP contribution >= 0.6 is 0 Å². The zero-order chi connectivity index (χ0) is 0. The molecule has 0 aromatic rings. The van der Waals surface area contributed by atoms with Crippen LogP contribution in [0.3, 0.4) is 0 Å². The topological polar surface area (TPSA) is 31.5 Å². The van der Waals surface area contributed by atoms with Crippen molar-refractivity contribution in [1.82, 2.24) is 0 Å². The molecule has 0 saturated heterocycles. The van der Waals surface area contributed by atoms with Crippen LogP contribution in [0, 0.1) is 0 Å². The van der Waals surface area contributed by atoms with Crippen molar-refractivity contribution >= 4 is 0 Å². The molecule has 2 radical (unpaired) electrons. The van der Waals surface area contributed by atoms with Crippen LogP contribution in [-0.2, 0) is 71.4 Å². The van der Waals surface area contributed by atoms with Gasteiger partial charge in [0, 0.05) is 71.4 Å². The molecule has 1 nitrogen and oxygen atoms in total. The number of hydrogen-bond acceptors (Lipinski definition) is 0. The van der Waals surface area contributed by atoms with Crippen molar-refractivity contribution in [3.63, 3.8) is 0 Å². The maximum atomic E-state index is 0. The first-order chi connectivity index (χ1) is 0. The normalized spacial score (nSPS) is 0. The summed E-state index contributed by atoms with van der Waals surface area (Å²) in [6.45, 7) is 0. The quantitative estimate of drug-likeness (QED) is 0.496. The fraction of sp³-hybridized carbons (Fsp3) is 0. The molecule has 0 spiro atoms. The molecule has 0 bridgehead atoms. The Morgan fingerprint density at radius 3 is 1.00 bits per heavy atom. The van der Waals surface area contributed by atoms with E-state index in [9.17, 15) is 0 Å². The molecule has 0 aliphatic rings. The van der Waals surface area contributed by atoms with Gasteiger partial charge in [0.25, 0.3) is 0 Å². The van der Waals surface area contributed by atoms with E-state index in [0.29, 0.717) is 0 Å². The summed E-state index contributed by atoms with van der Waals surface area (Å²) < 4.78 is 0. The molecule has 0 amide bonds. The van der Waals surface area contributed by atoms with Crippen molar-refractivity contribution in [3.8, 4) is 0 Å². The third kappa shape index (κ3) is 22.8. The molecular formula is H2CoMnNiOW. The van der Waals surface area contributed by atoms with Crippen LogP contribution in [0.2, 0.25) is 0 Å². The summed E-state index contributed by atoms with van der Waals surface area (Å²) in [7, 11) is 0. The van der Waals surface area contributed by atoms with Gasteiger partial charge in [-0.15, -0.1) is 0 Å². The average Bonchev–Trinajstić information content (AvgIpc) is 0. The summed E-state index contributed by atoms with van der Waals surface area (Å²) in [6, 6.07) is 0. The molecule has 2 N–H and O–H groups in total. The molecule has 5 heavy (non-hydrogen) atoms. The van der Waals surface area contributed by atoms with Crippen LogP contribution in [0.4, 0.5) is 0 Å². The monoisotopic (exact) mass is 374 g/mol. The second kappa shape index (κ2) is 35.1. The van der Waals surface area contributed by atoms with Gasteiger partial charge in [-0.25, -0.2) is 0 Å². The van der Waals surface area contributed by atoms with E-state index in [-0.39, 0.29) is 76.9 Å². The molecule has 40 valence electrons. The largest absolute Gasteiger partial charge is 0.412 e. The summed E-state index contributed by atoms with van der Waals surface area (Å²) >= 11 is 0. The van der Waals surface area contributed by atoms with Gasteiger partial charge in [0.1, 0.15) is 0 Å². The van der Waals surface area contributed by atoms with Gasteiger partial charge in [-0.1, -0.05) is 0 Å². The minimum absolute atomic E-state index is 0. The van der Waals surface area contributed by atoms with Crippen LogP contribution in [0.5, 0.6) is 0 Å². The van der Waals surface area contributed by atoms with Gasteiger partial charge in [-0.2, -0.15) is 0 Å². The van der Waals surface area contributed by atoms with Crippen LogP contribution in [-0.4, -0.2) is 5.48 Å². The third-order valence-electron chi connectivity index (χ3n) is 0. The van der Waals surface area contributed by atoms with E-state index in [2.05, 4.69) is 0 Å². The van der Waals surface area contributed by atoms with Crippen LogP contribution in [0.25, 0.3) is 0 Å². The first-order valence-electron chi connectivity index (χ1n) is 0. The van der Waals surface area contributed by atoms with Gasteiger partial charge in [-0.05, 0) is 0 Å². The van der Waals surface area contributed by atoms with Gasteiger partial charge < -0.3 is 5.48 Å². The van der Waals surface area contributed by atoms with Gasteiger partial charge in [0.05, 0.1) is 0 Å². The number of hydrogen-bond donors (Lipinski definition) is 0. The van der Waals surface area contributed by atoms with Crippen LogP contribution in [0.1, 0.15) is 0 Å². The molecule has 0 atom stereocenters. The first-order valence-corrected chi connectivity index (χ1v) is 0. The van der Waals surface area contributed by atoms with Gasteiger partial charge >= 0.3 is 0 Å². The molecule has 0 unspecified atom stereocenters. The summed E-state index contributed by atoms with van der Waals surface area (Å²) in [6.07, 6.45) is 0. The molecule has 0 aromatic carbocycles. The Labute approximate surface area is 76.2 Å². The molecule has 0 aliphatic heterocycles. The van der Waals surface area contributed by atoms with Crippen molar-refractivity contribution in [2.75, 3.05) is 0 Å². The Bertz CT molecular complexity index is 11.6. The van der Waals surface area contributed by atoms with E-state index in [4.69, 9.17) is 0 Å². The van der Waals surface area contributed by atoms with E-state index < -0.39 is 0 Å². The third-order valence-corrected chi connectivity index (χ3v) is 0. The van der Waals surface area contributed by atoms with E-state index in [1.54, 1.807) is 0 Å². The van der Waals surface area contributed by atoms with Crippen molar-refractivity contribution in [3.05, 3.63) is 0 Å². The summed E-state index contributed by atoms with van der Waals surface area (Å²) in [5, 5.41) is 0. The predicted molar refractivity (Wildman–Crippen MR) is 3.61 cm³/mol. The fourth-order valence-electron chi connectivity index (χ4n) is 0. The molecule has 0 fully saturated rings. The maximum absolute atomic E-state index is 0. The zero-order valence-corrected chi connectivity index (χ0v) is 8.08. The zero-order valence-electron chi connectivity index (χ0n) is 1.94. The maximum Gasteiger partial charge on any atom is 0 e. The van der Waals surface area contributed by atoms with E-state index >= 15 is 0 Å². The second-order valence-electron chi connectivity index (χ2n) is 0. The minimum atomic E-state index is 0. The van der Waals surface area contributed by atoms with Gasteiger partial charge in [0.2, 0.25) is 0 Å². The minimum Gasteiger partial charge on any atom is -0.412 e. The molecule has 0 aliphatic carbocycles. The predicted octanol–water partition coefficient (Wildman–Crippen LogP) is -0.835. The van der Waals surface area contributed by atoms with E-state index in [1.807, 2.05) is 0 Å². The Kier molecular flexibility index (Phi) is 407. The SMILES string of the molecule is O.[Co].[Mn].[Ni].[W]. The first kappa shape index (κ1) is 58.0. The second-order valence-corrected chi connectivity index (χ2v) is 0. The Morgan fingerprint density at radius 2 is 1.00 bits per heavy atom. The summed E-state index contributed by atoms with van der Waals surface area (Å²) in [5.74, 6) is 0. The van der Waals surface area contributed by atoms with Crippen molar-refractivity contribution in [2.24, 2.45) is 0 Å². The molecule has 5 heteroatoms. The van der Waals surface area contributed by atoms with Crippen LogP contribution in [0.15, 0.2) is 0 Å². The molecule has 0 aromatic heterocycles. The summed E-state index contributed by atoms with van der Waals surface area (Å²) in [4.78, 5) is 0.